The molecule has 0 rings (SSSR count). The zero-order valence-electron chi connectivity index (χ0n) is 7.22. The van der Waals surface area contributed by atoms with Gasteiger partial charge in [0.2, 0.25) is 0 Å². The van der Waals surface area contributed by atoms with Gasteiger partial charge in [-0.15, -0.1) is 0 Å². The van der Waals surface area contributed by atoms with Gasteiger partial charge in [-0.3, -0.25) is 4.99 Å². The van der Waals surface area contributed by atoms with Crippen LogP contribution in [0, 0.1) is 0 Å². The molecular weight excluding hydrogens is 144 g/mol. The van der Waals surface area contributed by atoms with Crippen molar-refractivity contribution in [1.29, 1.82) is 0 Å². The Labute approximate surface area is 67.7 Å². The molecule has 0 aliphatic carbocycles. The minimum absolute atomic E-state index is 1.05. The van der Waals surface area contributed by atoms with E-state index < -0.39 is 0 Å². The summed E-state index contributed by atoms with van der Waals surface area (Å²) in [6, 6.07) is 0. The average Bonchev–Trinajstić information content (AvgIpc) is 2.00. The molecule has 0 fully saturated rings. The van der Waals surface area contributed by atoms with Crippen molar-refractivity contribution < 1.29 is 0 Å². The van der Waals surface area contributed by atoms with E-state index in [0.29, 0.717) is 0 Å². The van der Waals surface area contributed by atoms with Crippen molar-refractivity contribution in [2.24, 2.45) is 4.99 Å². The standard InChI is InChI=1S/C7H16N2S/c1-5-9(6-2)7(8-3)10-4/h5-6H2,1-4H3/b8-7-. The monoisotopic (exact) mass is 160 g/mol. The predicted molar refractivity (Wildman–Crippen MR) is 49.8 cm³/mol. The summed E-state index contributed by atoms with van der Waals surface area (Å²) in [5, 5.41) is 1.13. The largest absolute Gasteiger partial charge is 0.352 e. The molecule has 0 aromatic carbocycles. The zero-order valence-corrected chi connectivity index (χ0v) is 8.03. The van der Waals surface area contributed by atoms with Gasteiger partial charge in [-0.05, 0) is 20.1 Å². The molecule has 0 N–H and O–H groups in total. The van der Waals surface area contributed by atoms with Gasteiger partial charge in [0.1, 0.15) is 0 Å². The van der Waals surface area contributed by atoms with Crippen molar-refractivity contribution in [3.05, 3.63) is 0 Å². The van der Waals surface area contributed by atoms with Gasteiger partial charge in [0.15, 0.2) is 5.17 Å². The van der Waals surface area contributed by atoms with E-state index in [0.717, 1.165) is 18.3 Å². The van der Waals surface area contributed by atoms with Crippen LogP contribution >= 0.6 is 11.8 Å². The Morgan fingerprint density at radius 1 is 1.40 bits per heavy atom. The highest BCUT2D eigenvalue weighted by Crippen LogP contribution is 2.03. The van der Waals surface area contributed by atoms with E-state index in [1.54, 1.807) is 11.8 Å². The van der Waals surface area contributed by atoms with Crippen LogP contribution < -0.4 is 0 Å². The Hall–Kier alpha value is -0.180. The van der Waals surface area contributed by atoms with Gasteiger partial charge in [-0.1, -0.05) is 11.8 Å². The molecule has 0 aliphatic heterocycles. The highest BCUT2D eigenvalue weighted by atomic mass is 32.2. The van der Waals surface area contributed by atoms with Crippen molar-refractivity contribution in [3.8, 4) is 0 Å². The molecule has 60 valence electrons. The lowest BCUT2D eigenvalue weighted by Gasteiger charge is -2.20. The maximum Gasteiger partial charge on any atom is 0.158 e. The quantitative estimate of drug-likeness (QED) is 0.451. The summed E-state index contributed by atoms with van der Waals surface area (Å²) >= 11 is 1.70. The summed E-state index contributed by atoms with van der Waals surface area (Å²) in [5.41, 5.74) is 0. The van der Waals surface area contributed by atoms with Gasteiger partial charge in [-0.25, -0.2) is 0 Å². The van der Waals surface area contributed by atoms with E-state index in [1.807, 2.05) is 7.05 Å². The lowest BCUT2D eigenvalue weighted by atomic mass is 10.6. The lowest BCUT2D eigenvalue weighted by Crippen LogP contribution is -2.27. The van der Waals surface area contributed by atoms with E-state index in [9.17, 15) is 0 Å². The van der Waals surface area contributed by atoms with Gasteiger partial charge < -0.3 is 4.90 Å². The molecular formula is C7H16N2S. The van der Waals surface area contributed by atoms with Gasteiger partial charge in [0.25, 0.3) is 0 Å². The van der Waals surface area contributed by atoms with Crippen LogP contribution in [0.2, 0.25) is 0 Å². The number of nitrogens with zero attached hydrogens (tertiary/aromatic N) is 2. The van der Waals surface area contributed by atoms with Crippen LogP contribution in [0.5, 0.6) is 0 Å². The number of amidine groups is 1. The summed E-state index contributed by atoms with van der Waals surface area (Å²) < 4.78 is 0. The lowest BCUT2D eigenvalue weighted by molar-refractivity contribution is 0.474. The second-order valence-electron chi connectivity index (χ2n) is 1.88. The molecule has 0 aromatic heterocycles. The molecule has 0 radical (unpaired) electrons. The van der Waals surface area contributed by atoms with Crippen LogP contribution in [0.25, 0.3) is 0 Å². The summed E-state index contributed by atoms with van der Waals surface area (Å²) in [7, 11) is 1.84. The van der Waals surface area contributed by atoms with Gasteiger partial charge in [-0.2, -0.15) is 0 Å². The fourth-order valence-corrected chi connectivity index (χ4v) is 1.55. The van der Waals surface area contributed by atoms with Crippen LogP contribution in [-0.2, 0) is 0 Å². The number of aliphatic imine (C=N–C) groups is 1. The normalized spacial score (nSPS) is 11.8. The van der Waals surface area contributed by atoms with Crippen LogP contribution in [0.4, 0.5) is 0 Å². The highest BCUT2D eigenvalue weighted by Gasteiger charge is 2.02. The van der Waals surface area contributed by atoms with Crippen LogP contribution in [-0.4, -0.2) is 36.5 Å². The highest BCUT2D eigenvalue weighted by molar-refractivity contribution is 8.13. The van der Waals surface area contributed by atoms with Crippen molar-refractivity contribution in [2.75, 3.05) is 26.4 Å². The third kappa shape index (κ3) is 2.60. The Morgan fingerprint density at radius 3 is 2.00 bits per heavy atom. The molecule has 3 heteroatoms. The van der Waals surface area contributed by atoms with E-state index in [1.165, 1.54) is 0 Å². The molecule has 0 aromatic rings. The minimum Gasteiger partial charge on any atom is -0.352 e. The molecule has 2 nitrogen and oxygen atoms in total. The maximum absolute atomic E-state index is 4.15. The summed E-state index contributed by atoms with van der Waals surface area (Å²) in [4.78, 5) is 6.39. The average molecular weight is 160 g/mol. The third-order valence-electron chi connectivity index (χ3n) is 1.41. The summed E-state index contributed by atoms with van der Waals surface area (Å²) in [6.45, 7) is 6.38. The minimum atomic E-state index is 1.05. The molecule has 0 heterocycles. The second-order valence-corrected chi connectivity index (χ2v) is 2.66. The zero-order chi connectivity index (χ0) is 7.98. The fourth-order valence-electron chi connectivity index (χ4n) is 0.856. The molecule has 0 atom stereocenters. The van der Waals surface area contributed by atoms with Crippen molar-refractivity contribution in [3.63, 3.8) is 0 Å². The van der Waals surface area contributed by atoms with Gasteiger partial charge in [0, 0.05) is 20.1 Å². The van der Waals surface area contributed by atoms with Crippen LogP contribution in [0.15, 0.2) is 4.99 Å². The SMILES string of the molecule is CCN(CC)/C(=N/C)SC. The smallest absolute Gasteiger partial charge is 0.158 e. The Balaban J connectivity index is 3.97. The first-order valence-electron chi connectivity index (χ1n) is 3.55. The van der Waals surface area contributed by atoms with E-state index in [2.05, 4.69) is 30.0 Å². The second kappa shape index (κ2) is 5.59. The molecule has 0 unspecified atom stereocenters. The third-order valence-corrected chi connectivity index (χ3v) is 2.21. The molecule has 0 amide bonds. The maximum atomic E-state index is 4.15. The summed E-state index contributed by atoms with van der Waals surface area (Å²) in [6.07, 6.45) is 2.06. The number of thioether (sulfide) groups is 1. The first-order chi connectivity index (χ1) is 4.79. The van der Waals surface area contributed by atoms with Crippen LogP contribution in [0.1, 0.15) is 13.8 Å². The predicted octanol–water partition coefficient (Wildman–Crippen LogP) is 1.68. The van der Waals surface area contributed by atoms with E-state index >= 15 is 0 Å². The van der Waals surface area contributed by atoms with E-state index in [4.69, 9.17) is 0 Å². The van der Waals surface area contributed by atoms with Gasteiger partial charge >= 0.3 is 0 Å². The molecule has 0 aliphatic rings. The molecule has 0 saturated heterocycles. The van der Waals surface area contributed by atoms with Crippen molar-refractivity contribution in [2.45, 2.75) is 13.8 Å². The number of hydrogen-bond donors (Lipinski definition) is 0. The van der Waals surface area contributed by atoms with E-state index in [-0.39, 0.29) is 0 Å². The van der Waals surface area contributed by atoms with Crippen molar-refractivity contribution >= 4 is 16.9 Å². The van der Waals surface area contributed by atoms with Crippen LogP contribution in [0.3, 0.4) is 0 Å². The molecule has 0 bridgehead atoms. The summed E-state index contributed by atoms with van der Waals surface area (Å²) in [5.74, 6) is 0. The molecule has 0 saturated carbocycles. The molecule has 0 spiro atoms. The first kappa shape index (κ1) is 9.82. The molecule has 10 heavy (non-hydrogen) atoms. The van der Waals surface area contributed by atoms with Gasteiger partial charge in [0.05, 0.1) is 0 Å². The number of rotatable bonds is 2. The Bertz CT molecular complexity index is 108. The number of hydrogen-bond acceptors (Lipinski definition) is 2. The Morgan fingerprint density at radius 2 is 1.90 bits per heavy atom. The topological polar surface area (TPSA) is 15.6 Å². The first-order valence-corrected chi connectivity index (χ1v) is 4.78. The Kier molecular flexibility index (Phi) is 5.49. The van der Waals surface area contributed by atoms with Crippen molar-refractivity contribution in [1.82, 2.24) is 4.90 Å². The fraction of sp³-hybridized carbons (Fsp3) is 0.857.